The van der Waals surface area contributed by atoms with Gasteiger partial charge < -0.3 is 28.4 Å². The first-order valence-electron chi connectivity index (χ1n) is 13.1. The van der Waals surface area contributed by atoms with Crippen molar-refractivity contribution in [2.75, 3.05) is 7.11 Å². The number of carbonyl (C=O) groups is 3. The van der Waals surface area contributed by atoms with Crippen molar-refractivity contribution in [3.05, 3.63) is 0 Å². The highest BCUT2D eigenvalue weighted by Crippen LogP contribution is 2.68. The summed E-state index contributed by atoms with van der Waals surface area (Å²) in [6.07, 6.45) is 1.53. The molecule has 9 nitrogen and oxygen atoms in total. The number of hydrogen-bond donors (Lipinski definition) is 0. The topological polar surface area (TPSA) is 107 Å². The van der Waals surface area contributed by atoms with Gasteiger partial charge in [0.2, 0.25) is 18.2 Å². The Bertz CT molecular complexity index is 902. The lowest BCUT2D eigenvalue weighted by atomic mass is 9.42. The van der Waals surface area contributed by atoms with Gasteiger partial charge in [-0.3, -0.25) is 14.4 Å². The molecule has 0 aromatic rings. The van der Waals surface area contributed by atoms with Crippen LogP contribution in [0.15, 0.2) is 0 Å². The lowest BCUT2D eigenvalue weighted by Crippen LogP contribution is -2.72. The van der Waals surface area contributed by atoms with Crippen LogP contribution in [0, 0.1) is 22.7 Å². The van der Waals surface area contributed by atoms with Crippen LogP contribution >= 0.6 is 0 Å². The van der Waals surface area contributed by atoms with Gasteiger partial charge in [0.15, 0.2) is 6.10 Å². The SMILES string of the molecule is CO[C@H]1O[C@H]2O[C@]3(CC[C@@]2(OC(C)=O)[C@@H]1OC(C)=O)[C@H](C)C[C@@H](OC(C)=O)[C@H]1C(C)(C)CCC[C@@]13C. The lowest BCUT2D eigenvalue weighted by molar-refractivity contribution is -0.363. The number of hydrogen-bond acceptors (Lipinski definition) is 9. The third kappa shape index (κ3) is 4.06. The summed E-state index contributed by atoms with van der Waals surface area (Å²) < 4.78 is 36.2. The Kier molecular flexibility index (Phi) is 7.01. The standard InChI is InChI=1S/C27H42O9/c1-15-14-19(32-16(2)28)20-24(5,6)10-9-11-25(20,7)27(15)13-12-26(35-18(4)30)21(33-17(3)29)22(31-8)34-23(26)36-27/h15,19-23H,9-14H2,1-8H3/t15-,19-,20+,21-,22+,23+,25+,26-,27-/m1/s1. The van der Waals surface area contributed by atoms with Gasteiger partial charge in [-0.25, -0.2) is 0 Å². The fourth-order valence-corrected chi connectivity index (χ4v) is 8.45. The van der Waals surface area contributed by atoms with E-state index in [0.717, 1.165) is 19.3 Å². The second kappa shape index (κ2) is 9.24. The van der Waals surface area contributed by atoms with Gasteiger partial charge in [0, 0.05) is 39.2 Å². The van der Waals surface area contributed by atoms with E-state index >= 15 is 0 Å². The third-order valence-electron chi connectivity index (χ3n) is 9.53. The van der Waals surface area contributed by atoms with Crippen LogP contribution in [-0.4, -0.2) is 61.0 Å². The molecular formula is C27H42O9. The van der Waals surface area contributed by atoms with Crippen molar-refractivity contribution in [3.63, 3.8) is 0 Å². The Balaban J connectivity index is 1.78. The van der Waals surface area contributed by atoms with Gasteiger partial charge in [-0.2, -0.15) is 0 Å². The van der Waals surface area contributed by atoms with E-state index in [9.17, 15) is 14.4 Å². The van der Waals surface area contributed by atoms with Gasteiger partial charge in [0.05, 0.1) is 5.60 Å². The summed E-state index contributed by atoms with van der Waals surface area (Å²) in [6.45, 7) is 13.0. The van der Waals surface area contributed by atoms with Crippen LogP contribution in [0.4, 0.5) is 0 Å². The van der Waals surface area contributed by atoms with E-state index in [2.05, 4.69) is 27.7 Å². The fourth-order valence-electron chi connectivity index (χ4n) is 8.45. The largest absolute Gasteiger partial charge is 0.462 e. The Hall–Kier alpha value is -1.71. The molecule has 36 heavy (non-hydrogen) atoms. The minimum absolute atomic E-state index is 0.0321. The highest BCUT2D eigenvalue weighted by Gasteiger charge is 2.73. The maximum atomic E-state index is 12.3. The quantitative estimate of drug-likeness (QED) is 0.411. The van der Waals surface area contributed by atoms with Gasteiger partial charge in [-0.15, -0.1) is 0 Å². The number of fused-ring (bicyclic) bond motifs is 3. The molecule has 4 fully saturated rings. The number of rotatable bonds is 4. The number of esters is 3. The first-order valence-corrected chi connectivity index (χ1v) is 13.1. The normalized spacial score (nSPS) is 45.3. The molecule has 2 saturated carbocycles. The molecule has 9 atom stereocenters. The molecule has 0 aromatic heterocycles. The summed E-state index contributed by atoms with van der Waals surface area (Å²) in [6, 6.07) is 0. The van der Waals surface area contributed by atoms with Crippen molar-refractivity contribution in [3.8, 4) is 0 Å². The van der Waals surface area contributed by atoms with Crippen molar-refractivity contribution >= 4 is 17.9 Å². The van der Waals surface area contributed by atoms with Gasteiger partial charge in [-0.1, -0.05) is 34.1 Å². The Morgan fingerprint density at radius 2 is 1.56 bits per heavy atom. The van der Waals surface area contributed by atoms with Crippen molar-refractivity contribution < 1.29 is 42.8 Å². The van der Waals surface area contributed by atoms with E-state index in [1.165, 1.54) is 27.9 Å². The van der Waals surface area contributed by atoms with E-state index in [0.29, 0.717) is 19.3 Å². The second-order valence-corrected chi connectivity index (χ2v) is 12.2. The highest BCUT2D eigenvalue weighted by atomic mass is 16.8. The highest BCUT2D eigenvalue weighted by molar-refractivity contribution is 5.68. The number of methoxy groups -OCH3 is 1. The molecule has 2 aliphatic carbocycles. The zero-order valence-electron chi connectivity index (χ0n) is 22.9. The molecule has 4 rings (SSSR count). The van der Waals surface area contributed by atoms with E-state index in [-0.39, 0.29) is 34.7 Å². The van der Waals surface area contributed by atoms with Crippen molar-refractivity contribution in [1.29, 1.82) is 0 Å². The minimum Gasteiger partial charge on any atom is -0.462 e. The van der Waals surface area contributed by atoms with Gasteiger partial charge in [0.25, 0.3) is 0 Å². The van der Waals surface area contributed by atoms with Crippen LogP contribution < -0.4 is 0 Å². The summed E-state index contributed by atoms with van der Waals surface area (Å²) in [5.41, 5.74) is -2.34. The molecule has 1 spiro atoms. The van der Waals surface area contributed by atoms with Gasteiger partial charge in [0.1, 0.15) is 6.10 Å². The van der Waals surface area contributed by atoms with Crippen LogP contribution in [0.25, 0.3) is 0 Å². The summed E-state index contributed by atoms with van der Waals surface area (Å²) in [5.74, 6) is -1.19. The second-order valence-electron chi connectivity index (χ2n) is 12.2. The summed E-state index contributed by atoms with van der Waals surface area (Å²) in [5, 5.41) is 0. The summed E-state index contributed by atoms with van der Waals surface area (Å²) >= 11 is 0. The summed E-state index contributed by atoms with van der Waals surface area (Å²) in [7, 11) is 1.46. The van der Waals surface area contributed by atoms with Crippen LogP contribution in [0.5, 0.6) is 0 Å². The summed E-state index contributed by atoms with van der Waals surface area (Å²) in [4.78, 5) is 36.3. The average molecular weight is 511 g/mol. The molecule has 9 heteroatoms. The van der Waals surface area contributed by atoms with Crippen LogP contribution in [0.2, 0.25) is 0 Å². The van der Waals surface area contributed by atoms with E-state index in [4.69, 9.17) is 28.4 Å². The molecule has 204 valence electrons. The maximum absolute atomic E-state index is 12.3. The zero-order valence-corrected chi connectivity index (χ0v) is 22.9. The van der Waals surface area contributed by atoms with E-state index in [1.54, 1.807) is 0 Å². The average Bonchev–Trinajstić information content (AvgIpc) is 3.02. The molecule has 4 aliphatic rings. The number of carbonyl (C=O) groups excluding carboxylic acids is 3. The van der Waals surface area contributed by atoms with Crippen LogP contribution in [-0.2, 0) is 42.8 Å². The predicted molar refractivity (Wildman–Crippen MR) is 127 cm³/mol. The monoisotopic (exact) mass is 510 g/mol. The molecule has 0 N–H and O–H groups in total. The third-order valence-corrected chi connectivity index (χ3v) is 9.53. The van der Waals surface area contributed by atoms with Crippen molar-refractivity contribution in [2.45, 2.75) is 123 Å². The molecule has 0 aromatic carbocycles. The molecule has 2 saturated heterocycles. The van der Waals surface area contributed by atoms with Gasteiger partial charge >= 0.3 is 17.9 Å². The molecule has 0 amide bonds. The molecule has 2 heterocycles. The molecule has 2 aliphatic heterocycles. The molecular weight excluding hydrogens is 468 g/mol. The zero-order chi connectivity index (χ0) is 26.7. The van der Waals surface area contributed by atoms with Crippen molar-refractivity contribution in [2.24, 2.45) is 22.7 Å². The fraction of sp³-hybridized carbons (Fsp3) is 0.889. The Morgan fingerprint density at radius 3 is 2.14 bits per heavy atom. The molecule has 0 unspecified atom stereocenters. The van der Waals surface area contributed by atoms with Crippen LogP contribution in [0.1, 0.15) is 87.0 Å². The first kappa shape index (κ1) is 27.3. The van der Waals surface area contributed by atoms with Gasteiger partial charge in [-0.05, 0) is 43.4 Å². The Labute approximate surface area is 213 Å². The molecule has 0 radical (unpaired) electrons. The van der Waals surface area contributed by atoms with Crippen molar-refractivity contribution in [1.82, 2.24) is 0 Å². The van der Waals surface area contributed by atoms with E-state index < -0.39 is 41.8 Å². The Morgan fingerprint density at radius 1 is 0.889 bits per heavy atom. The van der Waals surface area contributed by atoms with E-state index in [1.807, 2.05) is 0 Å². The maximum Gasteiger partial charge on any atom is 0.303 e. The smallest absolute Gasteiger partial charge is 0.303 e. The molecule has 0 bridgehead atoms. The number of ether oxygens (including phenoxy) is 6. The van der Waals surface area contributed by atoms with Crippen LogP contribution in [0.3, 0.4) is 0 Å². The minimum atomic E-state index is -1.31. The lowest BCUT2D eigenvalue weighted by Gasteiger charge is -2.68. The first-order chi connectivity index (χ1) is 16.7. The predicted octanol–water partition coefficient (Wildman–Crippen LogP) is 3.90.